The van der Waals surface area contributed by atoms with Gasteiger partial charge in [0, 0.05) is 43.5 Å². The van der Waals surface area contributed by atoms with E-state index in [1.165, 1.54) is 4.88 Å². The number of aryl methyl sites for hydroxylation is 2. The quantitative estimate of drug-likeness (QED) is 0.896. The second kappa shape index (κ2) is 7.74. The first-order valence-corrected chi connectivity index (χ1v) is 9.15. The number of aromatic nitrogens is 3. The van der Waals surface area contributed by atoms with E-state index in [-0.39, 0.29) is 6.03 Å². The van der Waals surface area contributed by atoms with Crippen molar-refractivity contribution in [2.45, 2.75) is 39.5 Å². The predicted molar refractivity (Wildman–Crippen MR) is 91.0 cm³/mol. The molecule has 1 N–H and O–H groups in total. The van der Waals surface area contributed by atoms with Crippen molar-refractivity contribution in [3.05, 3.63) is 27.8 Å². The Kier molecular flexibility index (Phi) is 5.44. The van der Waals surface area contributed by atoms with Crippen LogP contribution in [-0.2, 0) is 12.8 Å². The summed E-state index contributed by atoms with van der Waals surface area (Å²) in [7, 11) is 0. The highest BCUT2D eigenvalue weighted by Crippen LogP contribution is 2.20. The number of thiazole rings is 1. The molecule has 130 valence electrons. The molecule has 0 bridgehead atoms. The molecule has 2 aromatic rings. The third-order valence-corrected chi connectivity index (χ3v) is 5.13. The van der Waals surface area contributed by atoms with Gasteiger partial charge in [-0.25, -0.2) is 9.78 Å². The maximum atomic E-state index is 12.3. The highest BCUT2D eigenvalue weighted by molar-refractivity contribution is 7.11. The van der Waals surface area contributed by atoms with Crippen LogP contribution < -0.4 is 5.32 Å². The fourth-order valence-corrected chi connectivity index (χ4v) is 3.81. The van der Waals surface area contributed by atoms with Gasteiger partial charge in [-0.05, 0) is 32.6 Å². The number of carbonyl (C=O) groups excluding carboxylic acids is 1. The first-order valence-electron chi connectivity index (χ1n) is 8.33. The molecule has 3 heterocycles. The number of hydrogen-bond acceptors (Lipinski definition) is 6. The average molecular weight is 349 g/mol. The number of carbonyl (C=O) groups is 1. The Morgan fingerprint density at radius 1 is 1.50 bits per heavy atom. The number of nitrogens with zero attached hydrogens (tertiary/aromatic N) is 4. The molecule has 1 saturated heterocycles. The van der Waals surface area contributed by atoms with Crippen LogP contribution in [0.3, 0.4) is 0 Å². The van der Waals surface area contributed by atoms with E-state index in [0.717, 1.165) is 43.8 Å². The largest absolute Gasteiger partial charge is 0.339 e. The van der Waals surface area contributed by atoms with Crippen molar-refractivity contribution in [1.29, 1.82) is 0 Å². The first kappa shape index (κ1) is 16.9. The number of nitrogens with one attached hydrogen (secondary N) is 1. The van der Waals surface area contributed by atoms with E-state index < -0.39 is 0 Å². The molecular formula is C16H23N5O2S. The van der Waals surface area contributed by atoms with Crippen molar-refractivity contribution >= 4 is 17.4 Å². The van der Waals surface area contributed by atoms with Gasteiger partial charge in [-0.1, -0.05) is 5.16 Å². The second-order valence-corrected chi connectivity index (χ2v) is 7.54. The molecule has 2 aromatic heterocycles. The van der Waals surface area contributed by atoms with E-state index in [2.05, 4.69) is 20.4 Å². The SMILES string of the molecule is Cc1noc(CC2CCCN(C(=O)NCCc3cnc(C)s3)C2)n1. The van der Waals surface area contributed by atoms with Crippen LogP contribution in [0.15, 0.2) is 10.7 Å². The van der Waals surface area contributed by atoms with Gasteiger partial charge in [-0.3, -0.25) is 0 Å². The number of rotatable bonds is 5. The van der Waals surface area contributed by atoms with Gasteiger partial charge in [0.25, 0.3) is 0 Å². The summed E-state index contributed by atoms with van der Waals surface area (Å²) in [5.41, 5.74) is 0. The molecule has 1 unspecified atom stereocenters. The molecular weight excluding hydrogens is 326 g/mol. The van der Waals surface area contributed by atoms with E-state index in [9.17, 15) is 4.79 Å². The van der Waals surface area contributed by atoms with Crippen molar-refractivity contribution in [3.8, 4) is 0 Å². The standard InChI is InChI=1S/C16H23N5O2S/c1-11-19-15(23-20-11)8-13-4-3-7-21(10-13)16(22)17-6-5-14-9-18-12(2)24-14/h9,13H,3-8,10H2,1-2H3,(H,17,22). The van der Waals surface area contributed by atoms with Gasteiger partial charge in [-0.15, -0.1) is 11.3 Å². The molecule has 1 atom stereocenters. The van der Waals surface area contributed by atoms with Crippen LogP contribution >= 0.6 is 11.3 Å². The lowest BCUT2D eigenvalue weighted by molar-refractivity contribution is 0.162. The molecule has 1 fully saturated rings. The van der Waals surface area contributed by atoms with Crippen molar-refractivity contribution in [1.82, 2.24) is 25.3 Å². The summed E-state index contributed by atoms with van der Waals surface area (Å²) < 4.78 is 5.19. The number of amides is 2. The van der Waals surface area contributed by atoms with Crippen molar-refractivity contribution < 1.29 is 9.32 Å². The number of piperidine rings is 1. The van der Waals surface area contributed by atoms with Crippen LogP contribution in [0.4, 0.5) is 4.79 Å². The molecule has 24 heavy (non-hydrogen) atoms. The fourth-order valence-electron chi connectivity index (χ4n) is 3.01. The molecule has 2 amide bonds. The minimum atomic E-state index is 0.0163. The van der Waals surface area contributed by atoms with Gasteiger partial charge >= 0.3 is 6.03 Å². The van der Waals surface area contributed by atoms with Crippen LogP contribution in [0.2, 0.25) is 0 Å². The molecule has 7 nitrogen and oxygen atoms in total. The maximum absolute atomic E-state index is 12.3. The molecule has 0 radical (unpaired) electrons. The smallest absolute Gasteiger partial charge is 0.317 e. The van der Waals surface area contributed by atoms with Crippen LogP contribution in [0.25, 0.3) is 0 Å². The lowest BCUT2D eigenvalue weighted by atomic mass is 9.95. The third-order valence-electron chi connectivity index (χ3n) is 4.16. The van der Waals surface area contributed by atoms with Gasteiger partial charge < -0.3 is 14.7 Å². The topological polar surface area (TPSA) is 84.2 Å². The Morgan fingerprint density at radius 2 is 2.38 bits per heavy atom. The number of hydrogen-bond donors (Lipinski definition) is 1. The van der Waals surface area contributed by atoms with Gasteiger partial charge in [0.1, 0.15) is 0 Å². The number of likely N-dealkylation sites (tertiary alicyclic amines) is 1. The molecule has 1 aliphatic rings. The van der Waals surface area contributed by atoms with Crippen LogP contribution in [0, 0.1) is 19.8 Å². The highest BCUT2D eigenvalue weighted by Gasteiger charge is 2.25. The van der Waals surface area contributed by atoms with E-state index >= 15 is 0 Å². The third kappa shape index (κ3) is 4.53. The summed E-state index contributed by atoms with van der Waals surface area (Å²) in [4.78, 5) is 23.9. The summed E-state index contributed by atoms with van der Waals surface area (Å²) in [6, 6.07) is 0.0163. The summed E-state index contributed by atoms with van der Waals surface area (Å²) in [6.45, 7) is 6.01. The average Bonchev–Trinajstić information content (AvgIpc) is 3.16. The molecule has 1 aliphatic heterocycles. The van der Waals surface area contributed by atoms with Crippen LogP contribution in [0.1, 0.15) is 34.4 Å². The first-order chi connectivity index (χ1) is 11.6. The highest BCUT2D eigenvalue weighted by atomic mass is 32.1. The zero-order valence-electron chi connectivity index (χ0n) is 14.1. The molecule has 0 saturated carbocycles. The van der Waals surface area contributed by atoms with Crippen molar-refractivity contribution in [3.63, 3.8) is 0 Å². The summed E-state index contributed by atoms with van der Waals surface area (Å²) in [5.74, 6) is 1.71. The monoisotopic (exact) mass is 349 g/mol. The fraction of sp³-hybridized carbons (Fsp3) is 0.625. The Morgan fingerprint density at radius 3 is 3.08 bits per heavy atom. The lowest BCUT2D eigenvalue weighted by Gasteiger charge is -2.32. The molecule has 0 spiro atoms. The maximum Gasteiger partial charge on any atom is 0.317 e. The molecule has 3 rings (SSSR count). The number of urea groups is 1. The molecule has 0 aromatic carbocycles. The zero-order valence-corrected chi connectivity index (χ0v) is 14.9. The van der Waals surface area contributed by atoms with E-state index in [0.29, 0.717) is 24.2 Å². The Labute approximate surface area is 145 Å². The lowest BCUT2D eigenvalue weighted by Crippen LogP contribution is -2.46. The van der Waals surface area contributed by atoms with Crippen molar-refractivity contribution in [2.24, 2.45) is 5.92 Å². The second-order valence-electron chi connectivity index (χ2n) is 6.22. The Bertz CT molecular complexity index is 684. The molecule has 8 heteroatoms. The van der Waals surface area contributed by atoms with Gasteiger partial charge in [0.15, 0.2) is 5.82 Å². The Balaban J connectivity index is 1.44. The summed E-state index contributed by atoms with van der Waals surface area (Å²) in [5, 5.41) is 7.90. The molecule has 0 aliphatic carbocycles. The minimum absolute atomic E-state index is 0.0163. The van der Waals surface area contributed by atoms with Crippen molar-refractivity contribution in [2.75, 3.05) is 19.6 Å². The van der Waals surface area contributed by atoms with E-state index in [1.807, 2.05) is 24.9 Å². The van der Waals surface area contributed by atoms with Crippen LogP contribution in [0.5, 0.6) is 0 Å². The minimum Gasteiger partial charge on any atom is -0.339 e. The van der Waals surface area contributed by atoms with Gasteiger partial charge in [0.05, 0.1) is 5.01 Å². The summed E-state index contributed by atoms with van der Waals surface area (Å²) in [6.07, 6.45) is 5.56. The predicted octanol–water partition coefficient (Wildman–Crippen LogP) is 2.35. The normalized spacial score (nSPS) is 17.9. The zero-order chi connectivity index (χ0) is 16.9. The van der Waals surface area contributed by atoms with Gasteiger partial charge in [0.2, 0.25) is 5.89 Å². The van der Waals surface area contributed by atoms with Gasteiger partial charge in [-0.2, -0.15) is 4.98 Å². The van der Waals surface area contributed by atoms with E-state index in [1.54, 1.807) is 11.3 Å². The van der Waals surface area contributed by atoms with Crippen LogP contribution in [-0.4, -0.2) is 45.7 Å². The summed E-state index contributed by atoms with van der Waals surface area (Å²) >= 11 is 1.68. The Hall–Kier alpha value is -1.96. The van der Waals surface area contributed by atoms with E-state index in [4.69, 9.17) is 4.52 Å².